The highest BCUT2D eigenvalue weighted by molar-refractivity contribution is 5.86. The minimum atomic E-state index is 0.0512. The van der Waals surface area contributed by atoms with Crippen LogP contribution in [0.3, 0.4) is 0 Å². The average Bonchev–Trinajstić information content (AvgIpc) is 3.45. The van der Waals surface area contributed by atoms with Gasteiger partial charge in [-0.25, -0.2) is 19.8 Å². The third kappa shape index (κ3) is 5.19. The molecule has 0 amide bonds. The van der Waals surface area contributed by atoms with Gasteiger partial charge in [0.2, 0.25) is 0 Å². The van der Waals surface area contributed by atoms with Crippen LogP contribution in [0.5, 0.6) is 0 Å². The molecule has 238 valence electrons. The monoisotopic (exact) mass is 642 g/mol. The summed E-state index contributed by atoms with van der Waals surface area (Å²) >= 11 is 0. The van der Waals surface area contributed by atoms with Gasteiger partial charge >= 0.3 is 0 Å². The third-order valence-electron chi connectivity index (χ3n) is 10.6. The van der Waals surface area contributed by atoms with Gasteiger partial charge in [-0.05, 0) is 75.5 Å². The SMILES string of the molecule is [C-]#[N+]c1ccc2c(c1)-c1ccc(-c3ccc(-c4cccc(-c5nc(-c6ccccc6)nc(-c6ccccc6)n5)c4)cc3)cc1C21CCCCC1. The van der Waals surface area contributed by atoms with E-state index in [1.807, 2.05) is 66.7 Å². The van der Waals surface area contributed by atoms with Gasteiger partial charge in [0, 0.05) is 22.1 Å². The van der Waals surface area contributed by atoms with E-state index in [1.165, 1.54) is 65.5 Å². The molecule has 50 heavy (non-hydrogen) atoms. The van der Waals surface area contributed by atoms with E-state index in [4.69, 9.17) is 21.5 Å². The Morgan fingerprint density at radius 1 is 0.420 bits per heavy atom. The van der Waals surface area contributed by atoms with Crippen molar-refractivity contribution in [3.63, 3.8) is 0 Å². The Morgan fingerprint density at radius 3 is 1.58 bits per heavy atom. The van der Waals surface area contributed by atoms with Crippen molar-refractivity contribution in [1.29, 1.82) is 0 Å². The Balaban J connectivity index is 1.06. The van der Waals surface area contributed by atoms with Crippen molar-refractivity contribution in [2.24, 2.45) is 0 Å². The highest BCUT2D eigenvalue weighted by Gasteiger charge is 2.43. The largest absolute Gasteiger partial charge is 0.238 e. The van der Waals surface area contributed by atoms with Crippen molar-refractivity contribution in [3.8, 4) is 67.5 Å². The zero-order chi connectivity index (χ0) is 33.5. The van der Waals surface area contributed by atoms with Crippen LogP contribution in [-0.4, -0.2) is 15.0 Å². The normalized spacial score (nSPS) is 14.1. The fraction of sp³-hybridized carbons (Fsp3) is 0.130. The molecule has 1 saturated carbocycles. The molecular weight excluding hydrogens is 609 g/mol. The van der Waals surface area contributed by atoms with Gasteiger partial charge in [-0.2, -0.15) is 0 Å². The molecule has 0 radical (unpaired) electrons. The van der Waals surface area contributed by atoms with Crippen molar-refractivity contribution in [3.05, 3.63) is 168 Å². The lowest BCUT2D eigenvalue weighted by Gasteiger charge is -2.36. The van der Waals surface area contributed by atoms with Gasteiger partial charge in [0.05, 0.1) is 6.57 Å². The van der Waals surface area contributed by atoms with Crippen molar-refractivity contribution in [2.45, 2.75) is 37.5 Å². The van der Waals surface area contributed by atoms with E-state index in [0.717, 1.165) is 33.5 Å². The third-order valence-corrected chi connectivity index (χ3v) is 10.6. The lowest BCUT2D eigenvalue weighted by Crippen LogP contribution is -2.28. The number of nitrogens with zero attached hydrogens (tertiary/aromatic N) is 4. The molecule has 0 N–H and O–H groups in total. The number of hydrogen-bond donors (Lipinski definition) is 0. The summed E-state index contributed by atoms with van der Waals surface area (Å²) in [7, 11) is 0. The Labute approximate surface area is 293 Å². The molecule has 0 aliphatic heterocycles. The predicted octanol–water partition coefficient (Wildman–Crippen LogP) is 12.0. The van der Waals surface area contributed by atoms with Crippen LogP contribution in [0.1, 0.15) is 43.2 Å². The van der Waals surface area contributed by atoms with Crippen LogP contribution >= 0.6 is 0 Å². The van der Waals surface area contributed by atoms with Crippen molar-refractivity contribution < 1.29 is 0 Å². The molecule has 1 aromatic heterocycles. The van der Waals surface area contributed by atoms with Gasteiger partial charge in [0.1, 0.15) is 0 Å². The number of rotatable bonds is 5. The zero-order valence-electron chi connectivity index (χ0n) is 27.7. The molecule has 1 spiro atoms. The molecule has 4 nitrogen and oxygen atoms in total. The van der Waals surface area contributed by atoms with Gasteiger partial charge in [0.25, 0.3) is 0 Å². The van der Waals surface area contributed by atoms with E-state index in [0.29, 0.717) is 17.5 Å². The first-order chi connectivity index (χ1) is 24.7. The van der Waals surface area contributed by atoms with Crippen LogP contribution < -0.4 is 0 Å². The van der Waals surface area contributed by atoms with Crippen molar-refractivity contribution in [2.75, 3.05) is 0 Å². The second kappa shape index (κ2) is 12.4. The lowest BCUT2D eigenvalue weighted by atomic mass is 9.67. The van der Waals surface area contributed by atoms with Crippen LogP contribution in [0, 0.1) is 6.57 Å². The molecule has 2 aliphatic rings. The molecule has 0 unspecified atom stereocenters. The maximum absolute atomic E-state index is 7.61. The Bertz CT molecular complexity index is 2340. The van der Waals surface area contributed by atoms with Crippen molar-refractivity contribution >= 4 is 5.69 Å². The van der Waals surface area contributed by atoms with E-state index in [2.05, 4.69) is 83.7 Å². The molecule has 0 bridgehead atoms. The van der Waals surface area contributed by atoms with Crippen LogP contribution in [-0.2, 0) is 5.41 Å². The fourth-order valence-electron chi connectivity index (χ4n) is 8.07. The van der Waals surface area contributed by atoms with Gasteiger partial charge < -0.3 is 0 Å². The molecule has 2 aliphatic carbocycles. The molecule has 4 heteroatoms. The van der Waals surface area contributed by atoms with E-state index in [9.17, 15) is 0 Å². The van der Waals surface area contributed by atoms with Crippen LogP contribution in [0.15, 0.2) is 146 Å². The topological polar surface area (TPSA) is 43.0 Å². The van der Waals surface area contributed by atoms with Crippen LogP contribution in [0.25, 0.3) is 72.4 Å². The smallest absolute Gasteiger partial charge is 0.187 e. The van der Waals surface area contributed by atoms with E-state index in [-0.39, 0.29) is 5.41 Å². The summed E-state index contributed by atoms with van der Waals surface area (Å²) in [6.45, 7) is 7.61. The van der Waals surface area contributed by atoms with Crippen molar-refractivity contribution in [1.82, 2.24) is 15.0 Å². The van der Waals surface area contributed by atoms with Gasteiger partial charge in [0.15, 0.2) is 23.2 Å². The molecular formula is C46H34N4. The summed E-state index contributed by atoms with van der Waals surface area (Å²) in [5.74, 6) is 1.96. The number of aromatic nitrogens is 3. The molecule has 7 aromatic rings. The number of benzene rings is 6. The second-order valence-electron chi connectivity index (χ2n) is 13.4. The minimum absolute atomic E-state index is 0.0512. The summed E-state index contributed by atoms with van der Waals surface area (Å²) in [4.78, 5) is 18.5. The minimum Gasteiger partial charge on any atom is -0.238 e. The zero-order valence-corrected chi connectivity index (χ0v) is 27.7. The van der Waals surface area contributed by atoms with Gasteiger partial charge in [-0.3, -0.25) is 0 Å². The number of hydrogen-bond acceptors (Lipinski definition) is 3. The molecule has 1 heterocycles. The summed E-state index contributed by atoms with van der Waals surface area (Å²) in [5.41, 5.74) is 13.7. The second-order valence-corrected chi connectivity index (χ2v) is 13.4. The first-order valence-electron chi connectivity index (χ1n) is 17.4. The quantitative estimate of drug-likeness (QED) is 0.175. The van der Waals surface area contributed by atoms with Gasteiger partial charge in [-0.1, -0.05) is 147 Å². The standard InChI is InChI=1S/C46H34N4/c1-47-38-23-25-41-40(30-38)39-24-22-36(29-42(39)46(41)26-9-4-10-27-46)32-20-18-31(19-21-32)35-16-11-17-37(28-35)45-49-43(33-12-5-2-6-13-33)48-44(50-45)34-14-7-3-8-15-34/h2-3,5-8,11-25,28-30H,4,9-10,26-27H2. The maximum atomic E-state index is 7.61. The van der Waals surface area contributed by atoms with Crippen LogP contribution in [0.2, 0.25) is 0 Å². The molecule has 0 atom stereocenters. The predicted molar refractivity (Wildman–Crippen MR) is 203 cm³/mol. The highest BCUT2D eigenvalue weighted by Crippen LogP contribution is 2.57. The maximum Gasteiger partial charge on any atom is 0.187 e. The first-order valence-corrected chi connectivity index (χ1v) is 17.4. The average molecular weight is 643 g/mol. The van der Waals surface area contributed by atoms with E-state index < -0.39 is 0 Å². The highest BCUT2D eigenvalue weighted by atomic mass is 15.0. The summed E-state index contributed by atoms with van der Waals surface area (Å²) in [6, 6.07) is 50.9. The fourth-order valence-corrected chi connectivity index (χ4v) is 8.07. The van der Waals surface area contributed by atoms with E-state index >= 15 is 0 Å². The summed E-state index contributed by atoms with van der Waals surface area (Å²) in [6.07, 6.45) is 6.12. The molecule has 1 fully saturated rings. The molecule has 0 saturated heterocycles. The Hall–Kier alpha value is -6.18. The summed E-state index contributed by atoms with van der Waals surface area (Å²) in [5, 5.41) is 0. The Morgan fingerprint density at radius 2 is 0.960 bits per heavy atom. The molecule has 6 aromatic carbocycles. The molecule has 9 rings (SSSR count). The first kappa shape index (κ1) is 29.9. The van der Waals surface area contributed by atoms with Gasteiger partial charge in [-0.15, -0.1) is 0 Å². The number of fused-ring (bicyclic) bond motifs is 5. The summed E-state index contributed by atoms with van der Waals surface area (Å²) < 4.78 is 0. The lowest BCUT2D eigenvalue weighted by molar-refractivity contribution is 0.353. The Kier molecular flexibility index (Phi) is 7.40. The van der Waals surface area contributed by atoms with E-state index in [1.54, 1.807) is 0 Å². The van der Waals surface area contributed by atoms with Crippen LogP contribution in [0.4, 0.5) is 5.69 Å².